The van der Waals surface area contributed by atoms with Crippen LogP contribution in [0.15, 0.2) is 11.6 Å². The standard InChI is InChI=1S/C17H32N2/c1-6-17(7-2)12-18-16(5,15-8-9-15)13-19(17)11-10-14(3)4/h10,15,18H,6-9,11-13H2,1-5H3. The quantitative estimate of drug-likeness (QED) is 0.764. The predicted molar refractivity (Wildman–Crippen MR) is 83.4 cm³/mol. The third kappa shape index (κ3) is 3.05. The van der Waals surface area contributed by atoms with Crippen molar-refractivity contribution in [1.82, 2.24) is 10.2 Å². The van der Waals surface area contributed by atoms with Gasteiger partial charge in [0, 0.05) is 30.7 Å². The number of hydrogen-bond donors (Lipinski definition) is 1. The van der Waals surface area contributed by atoms with Crippen molar-refractivity contribution in [2.24, 2.45) is 5.92 Å². The van der Waals surface area contributed by atoms with E-state index in [2.05, 4.69) is 50.9 Å². The van der Waals surface area contributed by atoms with Crippen LogP contribution in [0.1, 0.15) is 60.3 Å². The predicted octanol–water partition coefficient (Wildman–Crippen LogP) is 3.59. The van der Waals surface area contributed by atoms with Gasteiger partial charge < -0.3 is 5.32 Å². The molecular weight excluding hydrogens is 232 g/mol. The maximum absolute atomic E-state index is 3.91. The second-order valence-electron chi connectivity index (χ2n) is 7.14. The average molecular weight is 264 g/mol. The molecule has 2 heteroatoms. The van der Waals surface area contributed by atoms with Crippen molar-refractivity contribution >= 4 is 0 Å². The van der Waals surface area contributed by atoms with Crippen LogP contribution in [-0.2, 0) is 0 Å². The molecule has 0 aromatic carbocycles. The summed E-state index contributed by atoms with van der Waals surface area (Å²) in [6, 6.07) is 0. The molecule has 0 amide bonds. The van der Waals surface area contributed by atoms with Crippen molar-refractivity contribution in [1.29, 1.82) is 0 Å². The zero-order valence-corrected chi connectivity index (χ0v) is 13.6. The highest BCUT2D eigenvalue weighted by Crippen LogP contribution is 2.43. The molecule has 0 radical (unpaired) electrons. The van der Waals surface area contributed by atoms with Crippen LogP contribution in [0, 0.1) is 5.92 Å². The first-order chi connectivity index (χ1) is 8.96. The Kier molecular flexibility index (Phi) is 4.42. The number of rotatable bonds is 5. The summed E-state index contributed by atoms with van der Waals surface area (Å²) in [6.45, 7) is 15.0. The Bertz CT molecular complexity index is 335. The molecule has 1 saturated carbocycles. The van der Waals surface area contributed by atoms with Crippen molar-refractivity contribution in [3.63, 3.8) is 0 Å². The van der Waals surface area contributed by atoms with E-state index in [1.807, 2.05) is 0 Å². The molecule has 0 spiro atoms. The minimum absolute atomic E-state index is 0.351. The molecule has 0 bridgehead atoms. The van der Waals surface area contributed by atoms with E-state index in [1.165, 1.54) is 37.8 Å². The highest BCUT2D eigenvalue weighted by atomic mass is 15.3. The van der Waals surface area contributed by atoms with Gasteiger partial charge in [-0.15, -0.1) is 0 Å². The van der Waals surface area contributed by atoms with Crippen LogP contribution < -0.4 is 5.32 Å². The van der Waals surface area contributed by atoms with Gasteiger partial charge in [-0.2, -0.15) is 0 Å². The van der Waals surface area contributed by atoms with E-state index in [4.69, 9.17) is 0 Å². The van der Waals surface area contributed by atoms with E-state index in [1.54, 1.807) is 0 Å². The van der Waals surface area contributed by atoms with Crippen LogP contribution in [0.4, 0.5) is 0 Å². The molecule has 2 nitrogen and oxygen atoms in total. The third-order valence-electron chi connectivity index (χ3n) is 5.53. The molecule has 1 aliphatic carbocycles. The first kappa shape index (κ1) is 15.1. The Morgan fingerprint density at radius 1 is 1.26 bits per heavy atom. The highest BCUT2D eigenvalue weighted by molar-refractivity contribution is 5.10. The van der Waals surface area contributed by atoms with Gasteiger partial charge in [0.2, 0.25) is 0 Å². The summed E-state index contributed by atoms with van der Waals surface area (Å²) in [4.78, 5) is 2.76. The largest absolute Gasteiger partial charge is 0.308 e. The molecule has 0 aromatic rings. The van der Waals surface area contributed by atoms with Gasteiger partial charge in [0.15, 0.2) is 0 Å². The maximum Gasteiger partial charge on any atom is 0.0333 e. The summed E-state index contributed by atoms with van der Waals surface area (Å²) < 4.78 is 0. The summed E-state index contributed by atoms with van der Waals surface area (Å²) in [6.07, 6.45) is 7.73. The Balaban J connectivity index is 2.15. The van der Waals surface area contributed by atoms with Crippen molar-refractivity contribution in [3.8, 4) is 0 Å². The highest BCUT2D eigenvalue weighted by Gasteiger charge is 2.49. The molecule has 1 heterocycles. The lowest BCUT2D eigenvalue weighted by Crippen LogP contribution is -2.69. The second-order valence-corrected chi connectivity index (χ2v) is 7.14. The van der Waals surface area contributed by atoms with Crippen molar-refractivity contribution < 1.29 is 0 Å². The molecule has 19 heavy (non-hydrogen) atoms. The molecule has 110 valence electrons. The SMILES string of the molecule is CCC1(CC)CNC(C)(C2CC2)CN1CC=C(C)C. The zero-order chi connectivity index (χ0) is 14.1. The van der Waals surface area contributed by atoms with Gasteiger partial charge in [0.05, 0.1) is 0 Å². The molecule has 2 aliphatic rings. The zero-order valence-electron chi connectivity index (χ0n) is 13.6. The van der Waals surface area contributed by atoms with Crippen LogP contribution in [0.25, 0.3) is 0 Å². The van der Waals surface area contributed by atoms with Crippen LogP contribution >= 0.6 is 0 Å². The molecule has 2 fully saturated rings. The van der Waals surface area contributed by atoms with Crippen LogP contribution in [0.5, 0.6) is 0 Å². The van der Waals surface area contributed by atoms with E-state index in [-0.39, 0.29) is 0 Å². The monoisotopic (exact) mass is 264 g/mol. The van der Waals surface area contributed by atoms with Crippen LogP contribution in [0.2, 0.25) is 0 Å². The first-order valence-electron chi connectivity index (χ1n) is 8.09. The number of hydrogen-bond acceptors (Lipinski definition) is 2. The fourth-order valence-corrected chi connectivity index (χ4v) is 3.59. The van der Waals surface area contributed by atoms with Crippen LogP contribution in [-0.4, -0.2) is 35.6 Å². The lowest BCUT2D eigenvalue weighted by Gasteiger charge is -2.53. The van der Waals surface area contributed by atoms with E-state index >= 15 is 0 Å². The minimum Gasteiger partial charge on any atom is -0.308 e. The van der Waals surface area contributed by atoms with E-state index < -0.39 is 0 Å². The number of nitrogens with zero attached hydrogens (tertiary/aromatic N) is 1. The van der Waals surface area contributed by atoms with Gasteiger partial charge in [-0.3, -0.25) is 4.90 Å². The Morgan fingerprint density at radius 3 is 2.37 bits per heavy atom. The number of allylic oxidation sites excluding steroid dienone is 1. The smallest absolute Gasteiger partial charge is 0.0333 e. The van der Waals surface area contributed by atoms with Gasteiger partial charge >= 0.3 is 0 Å². The van der Waals surface area contributed by atoms with Gasteiger partial charge in [-0.05, 0) is 52.4 Å². The maximum atomic E-state index is 3.91. The lowest BCUT2D eigenvalue weighted by molar-refractivity contribution is 0.00538. The van der Waals surface area contributed by atoms with E-state index in [0.717, 1.165) is 19.0 Å². The van der Waals surface area contributed by atoms with Crippen molar-refractivity contribution in [2.75, 3.05) is 19.6 Å². The van der Waals surface area contributed by atoms with Gasteiger partial charge in [0.1, 0.15) is 0 Å². The lowest BCUT2D eigenvalue weighted by atomic mass is 9.81. The first-order valence-corrected chi connectivity index (χ1v) is 8.09. The molecule has 1 atom stereocenters. The molecule has 1 unspecified atom stereocenters. The minimum atomic E-state index is 0.351. The summed E-state index contributed by atoms with van der Waals surface area (Å²) in [5, 5.41) is 3.91. The molecule has 1 saturated heterocycles. The van der Waals surface area contributed by atoms with Crippen molar-refractivity contribution in [2.45, 2.75) is 71.4 Å². The van der Waals surface area contributed by atoms with Gasteiger partial charge in [-0.1, -0.05) is 25.5 Å². The summed E-state index contributed by atoms with van der Waals surface area (Å²) in [5.74, 6) is 0.911. The Morgan fingerprint density at radius 2 is 1.89 bits per heavy atom. The average Bonchev–Trinajstić information content (AvgIpc) is 3.22. The topological polar surface area (TPSA) is 15.3 Å². The summed E-state index contributed by atoms with van der Waals surface area (Å²) in [7, 11) is 0. The fourth-order valence-electron chi connectivity index (χ4n) is 3.59. The summed E-state index contributed by atoms with van der Waals surface area (Å²) in [5.41, 5.74) is 2.15. The van der Waals surface area contributed by atoms with Gasteiger partial charge in [0.25, 0.3) is 0 Å². The Hall–Kier alpha value is -0.340. The molecular formula is C17H32N2. The van der Waals surface area contributed by atoms with E-state index in [0.29, 0.717) is 11.1 Å². The molecule has 0 aromatic heterocycles. The molecule has 2 rings (SSSR count). The summed E-state index contributed by atoms with van der Waals surface area (Å²) >= 11 is 0. The fraction of sp³-hybridized carbons (Fsp3) is 0.882. The number of nitrogens with one attached hydrogen (secondary N) is 1. The third-order valence-corrected chi connectivity index (χ3v) is 5.53. The number of piperazine rings is 1. The van der Waals surface area contributed by atoms with Gasteiger partial charge in [-0.25, -0.2) is 0 Å². The van der Waals surface area contributed by atoms with E-state index in [9.17, 15) is 0 Å². The normalized spacial score (nSPS) is 31.2. The van der Waals surface area contributed by atoms with Crippen LogP contribution in [0.3, 0.4) is 0 Å². The Labute approximate surface area is 119 Å². The molecule has 1 N–H and O–H groups in total. The van der Waals surface area contributed by atoms with Crippen molar-refractivity contribution in [3.05, 3.63) is 11.6 Å². The molecule has 1 aliphatic heterocycles. The second kappa shape index (κ2) is 5.57.